The van der Waals surface area contributed by atoms with Gasteiger partial charge in [0, 0.05) is 24.2 Å². The lowest BCUT2D eigenvalue weighted by molar-refractivity contribution is -0.384. The van der Waals surface area contributed by atoms with Crippen LogP contribution in [0.4, 0.5) is 10.1 Å². The fraction of sp³-hybridized carbons (Fsp3) is 0.0526. The second kappa shape index (κ2) is 7.10. The highest BCUT2D eigenvalue weighted by atomic mass is 19.1. The molecule has 3 rings (SSSR count). The number of nitro groups is 1. The smallest absolute Gasteiger partial charge is 0.278 e. The molecule has 2 aromatic carbocycles. The van der Waals surface area contributed by atoms with Gasteiger partial charge in [0.25, 0.3) is 5.69 Å². The monoisotopic (exact) mass is 351 g/mol. The van der Waals surface area contributed by atoms with E-state index in [2.05, 4.69) is 4.98 Å². The van der Waals surface area contributed by atoms with Gasteiger partial charge in [-0.1, -0.05) is 30.3 Å². The maximum absolute atomic E-state index is 13.8. The van der Waals surface area contributed by atoms with Crippen LogP contribution in [-0.4, -0.2) is 15.8 Å². The molecule has 0 atom stereocenters. The van der Waals surface area contributed by atoms with Crippen molar-refractivity contribution in [3.63, 3.8) is 0 Å². The third kappa shape index (κ3) is 3.41. The molecule has 2 N–H and O–H groups in total. The molecule has 26 heavy (non-hydrogen) atoms. The van der Waals surface area contributed by atoms with Gasteiger partial charge >= 0.3 is 0 Å². The van der Waals surface area contributed by atoms with Gasteiger partial charge in [0.2, 0.25) is 5.91 Å². The molecule has 0 bridgehead atoms. The fourth-order valence-corrected chi connectivity index (χ4v) is 2.79. The van der Waals surface area contributed by atoms with Crippen molar-refractivity contribution < 1.29 is 14.1 Å². The predicted octanol–water partition coefficient (Wildman–Crippen LogP) is 3.49. The number of carbonyl (C=O) groups is 1. The number of nitrogens with two attached hydrogens (primary N) is 1. The molecule has 1 heterocycles. The molecule has 0 fully saturated rings. The Labute approximate surface area is 148 Å². The number of rotatable bonds is 5. The normalized spacial score (nSPS) is 10.5. The number of nitro benzene ring substituents is 1. The van der Waals surface area contributed by atoms with Crippen molar-refractivity contribution in [1.82, 2.24) is 4.98 Å². The molecule has 6 nitrogen and oxygen atoms in total. The lowest BCUT2D eigenvalue weighted by Crippen LogP contribution is -2.15. The molecule has 0 aliphatic heterocycles. The summed E-state index contributed by atoms with van der Waals surface area (Å²) in [6.07, 6.45) is 1.61. The minimum atomic E-state index is -0.682. The number of aromatic nitrogens is 1. The molecule has 0 aliphatic rings. The van der Waals surface area contributed by atoms with Crippen molar-refractivity contribution >= 4 is 11.6 Å². The van der Waals surface area contributed by atoms with E-state index < -0.39 is 16.6 Å². The molecule has 130 valence electrons. The van der Waals surface area contributed by atoms with E-state index in [0.29, 0.717) is 5.56 Å². The number of nitrogens with zero attached hydrogens (tertiary/aromatic N) is 2. The van der Waals surface area contributed by atoms with Gasteiger partial charge in [-0.2, -0.15) is 0 Å². The van der Waals surface area contributed by atoms with Gasteiger partial charge in [0.05, 0.1) is 16.2 Å². The van der Waals surface area contributed by atoms with Crippen molar-refractivity contribution in [2.45, 2.75) is 6.42 Å². The SMILES string of the molecule is NC(=O)c1ccnc(-c2cc(F)ccc2[N+](=O)[O-])c1Cc1ccccc1. The van der Waals surface area contributed by atoms with Gasteiger partial charge in [-0.3, -0.25) is 19.9 Å². The van der Waals surface area contributed by atoms with Crippen molar-refractivity contribution in [1.29, 1.82) is 0 Å². The lowest BCUT2D eigenvalue weighted by Gasteiger charge is -2.13. The molecule has 1 amide bonds. The van der Waals surface area contributed by atoms with Gasteiger partial charge < -0.3 is 5.73 Å². The standard InChI is InChI=1S/C19H14FN3O3/c20-13-6-7-17(23(25)26)16(11-13)18-15(10-12-4-2-1-3-5-12)14(19(21)24)8-9-22-18/h1-9,11H,10H2,(H2,21,24). The summed E-state index contributed by atoms with van der Waals surface area (Å²) in [5, 5.41) is 11.4. The Kier molecular flexibility index (Phi) is 4.70. The Balaban J connectivity index is 2.26. The number of amides is 1. The zero-order chi connectivity index (χ0) is 18.7. The average Bonchev–Trinajstić information content (AvgIpc) is 2.62. The van der Waals surface area contributed by atoms with Crippen LogP contribution < -0.4 is 5.73 Å². The number of hydrogen-bond acceptors (Lipinski definition) is 4. The summed E-state index contributed by atoms with van der Waals surface area (Å²) in [6.45, 7) is 0. The first-order valence-electron chi connectivity index (χ1n) is 7.73. The van der Waals surface area contributed by atoms with Gasteiger partial charge in [-0.25, -0.2) is 4.39 Å². The zero-order valence-corrected chi connectivity index (χ0v) is 13.6. The fourth-order valence-electron chi connectivity index (χ4n) is 2.79. The summed E-state index contributed by atoms with van der Waals surface area (Å²) in [5.74, 6) is -1.32. The number of hydrogen-bond donors (Lipinski definition) is 1. The molecule has 7 heteroatoms. The number of primary amides is 1. The van der Waals surface area contributed by atoms with Crippen LogP contribution in [0.3, 0.4) is 0 Å². The molecule has 0 spiro atoms. The van der Waals surface area contributed by atoms with Crippen LogP contribution >= 0.6 is 0 Å². The quantitative estimate of drug-likeness (QED) is 0.562. The Morgan fingerprint density at radius 1 is 1.15 bits per heavy atom. The van der Waals surface area contributed by atoms with E-state index in [1.165, 1.54) is 12.3 Å². The van der Waals surface area contributed by atoms with Crippen LogP contribution in [0, 0.1) is 15.9 Å². The minimum absolute atomic E-state index is 0.00373. The van der Waals surface area contributed by atoms with E-state index in [1.54, 1.807) is 0 Å². The zero-order valence-electron chi connectivity index (χ0n) is 13.6. The first kappa shape index (κ1) is 17.2. The predicted molar refractivity (Wildman–Crippen MR) is 94.1 cm³/mol. The third-order valence-electron chi connectivity index (χ3n) is 3.96. The van der Waals surface area contributed by atoms with E-state index in [4.69, 9.17) is 5.73 Å². The van der Waals surface area contributed by atoms with Crippen LogP contribution in [0.1, 0.15) is 21.5 Å². The molecule has 0 radical (unpaired) electrons. The minimum Gasteiger partial charge on any atom is -0.366 e. The summed E-state index contributed by atoms with van der Waals surface area (Å²) in [7, 11) is 0. The van der Waals surface area contributed by atoms with Crippen molar-refractivity contribution in [2.75, 3.05) is 0 Å². The highest BCUT2D eigenvalue weighted by Crippen LogP contribution is 2.33. The van der Waals surface area contributed by atoms with Crippen LogP contribution in [0.15, 0.2) is 60.8 Å². The van der Waals surface area contributed by atoms with Crippen molar-refractivity contribution in [2.24, 2.45) is 5.73 Å². The van der Waals surface area contributed by atoms with Crippen LogP contribution in [0.5, 0.6) is 0 Å². The number of halogens is 1. The number of benzene rings is 2. The van der Waals surface area contributed by atoms with E-state index >= 15 is 0 Å². The topological polar surface area (TPSA) is 99.1 Å². The first-order chi connectivity index (χ1) is 12.5. The summed E-state index contributed by atoms with van der Waals surface area (Å²) >= 11 is 0. The maximum atomic E-state index is 13.8. The second-order valence-corrected chi connectivity index (χ2v) is 5.63. The molecule has 0 saturated heterocycles. The number of carbonyl (C=O) groups excluding carboxylic acids is 1. The van der Waals surface area contributed by atoms with E-state index in [9.17, 15) is 19.3 Å². The maximum Gasteiger partial charge on any atom is 0.278 e. The Morgan fingerprint density at radius 3 is 2.54 bits per heavy atom. The van der Waals surface area contributed by atoms with Crippen LogP contribution in [0.2, 0.25) is 0 Å². The number of pyridine rings is 1. The van der Waals surface area contributed by atoms with Gasteiger partial charge in [-0.05, 0) is 29.3 Å². The van der Waals surface area contributed by atoms with Gasteiger partial charge in [0.15, 0.2) is 0 Å². The van der Waals surface area contributed by atoms with Crippen LogP contribution in [0.25, 0.3) is 11.3 Å². The molecule has 1 aromatic heterocycles. The summed E-state index contributed by atoms with van der Waals surface area (Å²) in [5.41, 5.74) is 6.81. The largest absolute Gasteiger partial charge is 0.366 e. The van der Waals surface area contributed by atoms with Crippen molar-refractivity contribution in [3.8, 4) is 11.3 Å². The van der Waals surface area contributed by atoms with Gasteiger partial charge in [-0.15, -0.1) is 0 Å². The Morgan fingerprint density at radius 2 is 1.88 bits per heavy atom. The Hall–Kier alpha value is -3.61. The van der Waals surface area contributed by atoms with E-state index in [0.717, 1.165) is 23.8 Å². The summed E-state index contributed by atoms with van der Waals surface area (Å²) in [4.78, 5) is 26.8. The summed E-state index contributed by atoms with van der Waals surface area (Å²) in [6, 6.07) is 13.8. The third-order valence-corrected chi connectivity index (χ3v) is 3.96. The van der Waals surface area contributed by atoms with Gasteiger partial charge in [0.1, 0.15) is 5.82 Å². The summed E-state index contributed by atoms with van der Waals surface area (Å²) < 4.78 is 13.8. The molecule has 0 aliphatic carbocycles. The van der Waals surface area contributed by atoms with E-state index in [1.807, 2.05) is 30.3 Å². The molecular weight excluding hydrogens is 337 g/mol. The molecule has 0 unspecified atom stereocenters. The average molecular weight is 351 g/mol. The second-order valence-electron chi connectivity index (χ2n) is 5.63. The molecule has 0 saturated carbocycles. The Bertz CT molecular complexity index is 991. The highest BCUT2D eigenvalue weighted by molar-refractivity contribution is 5.96. The van der Waals surface area contributed by atoms with Crippen LogP contribution in [-0.2, 0) is 6.42 Å². The first-order valence-corrected chi connectivity index (χ1v) is 7.73. The van der Waals surface area contributed by atoms with E-state index in [-0.39, 0.29) is 28.9 Å². The highest BCUT2D eigenvalue weighted by Gasteiger charge is 2.23. The lowest BCUT2D eigenvalue weighted by atomic mass is 9.94. The van der Waals surface area contributed by atoms with Crippen molar-refractivity contribution in [3.05, 3.63) is 93.4 Å². The molecular formula is C19H14FN3O3. The molecule has 3 aromatic rings.